The third-order valence-electron chi connectivity index (χ3n) is 3.68. The molecule has 1 unspecified atom stereocenters. The molecule has 3 heteroatoms. The Kier molecular flexibility index (Phi) is 5.22. The smallest absolute Gasteiger partial charge is 0.0223 e. The lowest BCUT2D eigenvalue weighted by Gasteiger charge is -2.33. The summed E-state index contributed by atoms with van der Waals surface area (Å²) >= 11 is 0. The molecule has 0 aliphatic carbocycles. The van der Waals surface area contributed by atoms with Gasteiger partial charge in [-0.1, -0.05) is 20.8 Å². The van der Waals surface area contributed by atoms with Crippen LogP contribution in [0, 0.1) is 5.41 Å². The molecule has 1 rings (SSSR count). The highest BCUT2D eigenvalue weighted by molar-refractivity contribution is 4.82. The van der Waals surface area contributed by atoms with Crippen molar-refractivity contribution in [3.05, 3.63) is 0 Å². The predicted octanol–water partition coefficient (Wildman–Crippen LogP) is 1.39. The van der Waals surface area contributed by atoms with Crippen molar-refractivity contribution >= 4 is 0 Å². The minimum atomic E-state index is 0.240. The van der Waals surface area contributed by atoms with Crippen LogP contribution >= 0.6 is 0 Å². The van der Waals surface area contributed by atoms with E-state index in [2.05, 4.69) is 37.6 Å². The van der Waals surface area contributed by atoms with Crippen molar-refractivity contribution in [2.45, 2.75) is 39.7 Å². The van der Waals surface area contributed by atoms with Crippen molar-refractivity contribution in [2.75, 3.05) is 39.8 Å². The van der Waals surface area contributed by atoms with Crippen molar-refractivity contribution < 1.29 is 0 Å². The van der Waals surface area contributed by atoms with Crippen LogP contribution in [0.4, 0.5) is 0 Å². The van der Waals surface area contributed by atoms with Crippen LogP contribution in [0.25, 0.3) is 0 Å². The molecular formula is C13H29N3. The zero-order valence-electron chi connectivity index (χ0n) is 11.5. The van der Waals surface area contributed by atoms with Gasteiger partial charge in [0.2, 0.25) is 0 Å². The molecule has 1 fully saturated rings. The minimum absolute atomic E-state index is 0.240. The molecule has 0 radical (unpaired) electrons. The maximum absolute atomic E-state index is 5.78. The van der Waals surface area contributed by atoms with Gasteiger partial charge in [0.05, 0.1) is 0 Å². The van der Waals surface area contributed by atoms with Crippen LogP contribution in [0.1, 0.15) is 33.6 Å². The Morgan fingerprint density at radius 2 is 2.12 bits per heavy atom. The van der Waals surface area contributed by atoms with Crippen LogP contribution in [0.3, 0.4) is 0 Å². The summed E-state index contributed by atoms with van der Waals surface area (Å²) in [6, 6.07) is 0.767. The van der Waals surface area contributed by atoms with Gasteiger partial charge in [0, 0.05) is 19.1 Å². The monoisotopic (exact) mass is 227 g/mol. The van der Waals surface area contributed by atoms with Gasteiger partial charge in [0.25, 0.3) is 0 Å². The van der Waals surface area contributed by atoms with E-state index in [-0.39, 0.29) is 5.41 Å². The molecule has 1 atom stereocenters. The Labute approximate surface area is 101 Å². The Morgan fingerprint density at radius 1 is 1.44 bits per heavy atom. The fourth-order valence-corrected chi connectivity index (χ4v) is 2.74. The van der Waals surface area contributed by atoms with Crippen LogP contribution in [-0.4, -0.2) is 55.6 Å². The molecule has 1 saturated heterocycles. The van der Waals surface area contributed by atoms with E-state index < -0.39 is 0 Å². The fraction of sp³-hybridized carbons (Fsp3) is 1.00. The van der Waals surface area contributed by atoms with E-state index in [0.29, 0.717) is 0 Å². The quantitative estimate of drug-likeness (QED) is 0.744. The van der Waals surface area contributed by atoms with Gasteiger partial charge in [0.15, 0.2) is 0 Å². The average molecular weight is 227 g/mol. The van der Waals surface area contributed by atoms with E-state index in [1.54, 1.807) is 0 Å². The number of rotatable bonds is 6. The largest absolute Gasteiger partial charge is 0.330 e. The van der Waals surface area contributed by atoms with Crippen LogP contribution < -0.4 is 5.73 Å². The first-order valence-electron chi connectivity index (χ1n) is 6.61. The molecule has 1 aliphatic rings. The summed E-state index contributed by atoms with van der Waals surface area (Å²) in [6.07, 6.45) is 2.73. The zero-order valence-corrected chi connectivity index (χ0v) is 11.5. The number of nitrogens with two attached hydrogens (primary N) is 1. The summed E-state index contributed by atoms with van der Waals surface area (Å²) < 4.78 is 0. The summed E-state index contributed by atoms with van der Waals surface area (Å²) in [4.78, 5) is 5.05. The van der Waals surface area contributed by atoms with Gasteiger partial charge >= 0.3 is 0 Å². The highest BCUT2D eigenvalue weighted by atomic mass is 15.2. The Hall–Kier alpha value is -0.120. The van der Waals surface area contributed by atoms with Crippen molar-refractivity contribution in [3.8, 4) is 0 Å². The third-order valence-corrected chi connectivity index (χ3v) is 3.68. The number of likely N-dealkylation sites (tertiary alicyclic amines) is 1. The average Bonchev–Trinajstić information content (AvgIpc) is 2.64. The second kappa shape index (κ2) is 5.99. The molecule has 0 aromatic heterocycles. The topological polar surface area (TPSA) is 32.5 Å². The van der Waals surface area contributed by atoms with Gasteiger partial charge < -0.3 is 10.6 Å². The summed E-state index contributed by atoms with van der Waals surface area (Å²) in [6.45, 7) is 12.3. The number of likely N-dealkylation sites (N-methyl/N-ethyl adjacent to an activating group) is 2. The second-order valence-electron chi connectivity index (χ2n) is 5.99. The van der Waals surface area contributed by atoms with Gasteiger partial charge in [0.1, 0.15) is 0 Å². The highest BCUT2D eigenvalue weighted by Crippen LogP contribution is 2.19. The normalized spacial score (nSPS) is 23.2. The van der Waals surface area contributed by atoms with Crippen molar-refractivity contribution in [1.29, 1.82) is 0 Å². The maximum atomic E-state index is 5.78. The van der Waals surface area contributed by atoms with Crippen LogP contribution in [0.5, 0.6) is 0 Å². The highest BCUT2D eigenvalue weighted by Gasteiger charge is 2.26. The first kappa shape index (κ1) is 13.9. The summed E-state index contributed by atoms with van der Waals surface area (Å²) in [7, 11) is 2.23. The molecule has 16 heavy (non-hydrogen) atoms. The molecular weight excluding hydrogens is 198 g/mol. The minimum Gasteiger partial charge on any atom is -0.330 e. The van der Waals surface area contributed by atoms with E-state index in [9.17, 15) is 0 Å². The zero-order chi connectivity index (χ0) is 12.2. The van der Waals surface area contributed by atoms with E-state index in [1.807, 2.05) is 0 Å². The predicted molar refractivity (Wildman–Crippen MR) is 70.6 cm³/mol. The van der Waals surface area contributed by atoms with Crippen LogP contribution in [-0.2, 0) is 0 Å². The molecule has 0 spiro atoms. The fourth-order valence-electron chi connectivity index (χ4n) is 2.74. The molecule has 96 valence electrons. The van der Waals surface area contributed by atoms with Gasteiger partial charge in [-0.25, -0.2) is 0 Å². The van der Waals surface area contributed by atoms with E-state index in [4.69, 9.17) is 5.73 Å². The van der Waals surface area contributed by atoms with Crippen LogP contribution in [0.15, 0.2) is 0 Å². The van der Waals surface area contributed by atoms with Crippen molar-refractivity contribution in [2.24, 2.45) is 11.1 Å². The molecule has 0 amide bonds. The van der Waals surface area contributed by atoms with Gasteiger partial charge in [-0.15, -0.1) is 0 Å². The first-order valence-corrected chi connectivity index (χ1v) is 6.61. The summed E-state index contributed by atoms with van der Waals surface area (Å²) in [5.41, 5.74) is 6.02. The lowest BCUT2D eigenvalue weighted by molar-refractivity contribution is 0.159. The van der Waals surface area contributed by atoms with Gasteiger partial charge in [-0.2, -0.15) is 0 Å². The SMILES string of the molecule is CCN1CCCC1CN(C)CC(C)(C)CN. The maximum Gasteiger partial charge on any atom is 0.0223 e. The van der Waals surface area contributed by atoms with E-state index >= 15 is 0 Å². The molecule has 0 saturated carbocycles. The Morgan fingerprint density at radius 3 is 2.69 bits per heavy atom. The molecule has 0 aromatic carbocycles. The van der Waals surface area contributed by atoms with E-state index in [0.717, 1.165) is 19.1 Å². The Bertz CT molecular complexity index is 203. The molecule has 3 nitrogen and oxygen atoms in total. The van der Waals surface area contributed by atoms with Crippen molar-refractivity contribution in [3.63, 3.8) is 0 Å². The number of nitrogens with zero attached hydrogens (tertiary/aromatic N) is 2. The second-order valence-corrected chi connectivity index (χ2v) is 5.99. The van der Waals surface area contributed by atoms with Gasteiger partial charge in [-0.05, 0) is 44.9 Å². The number of hydrogen-bond acceptors (Lipinski definition) is 3. The summed E-state index contributed by atoms with van der Waals surface area (Å²) in [5.74, 6) is 0. The summed E-state index contributed by atoms with van der Waals surface area (Å²) in [5, 5.41) is 0. The standard InChI is InChI=1S/C13H29N3/c1-5-16-8-6-7-12(16)9-15(4)11-13(2,3)10-14/h12H,5-11,14H2,1-4H3. The molecule has 0 aromatic rings. The molecule has 0 bridgehead atoms. The Balaban J connectivity index is 2.36. The first-order chi connectivity index (χ1) is 7.48. The molecule has 2 N–H and O–H groups in total. The molecule has 1 heterocycles. The van der Waals surface area contributed by atoms with Gasteiger partial charge in [-0.3, -0.25) is 4.90 Å². The lowest BCUT2D eigenvalue weighted by Crippen LogP contribution is -2.43. The lowest BCUT2D eigenvalue weighted by atomic mass is 9.93. The van der Waals surface area contributed by atoms with Crippen molar-refractivity contribution in [1.82, 2.24) is 9.80 Å². The van der Waals surface area contributed by atoms with Crippen LogP contribution in [0.2, 0.25) is 0 Å². The number of hydrogen-bond donors (Lipinski definition) is 1. The third kappa shape index (κ3) is 4.04. The molecule has 1 aliphatic heterocycles. The van der Waals surface area contributed by atoms with E-state index in [1.165, 1.54) is 32.5 Å².